The molecule has 0 aliphatic carbocycles. The number of aromatic carboxylic acids is 1. The van der Waals surface area contributed by atoms with Gasteiger partial charge in [-0.05, 0) is 62.0 Å². The number of aromatic hydroxyl groups is 1. The first-order valence-corrected chi connectivity index (χ1v) is 17.8. The molecule has 11 heteroatoms. The van der Waals surface area contributed by atoms with E-state index >= 15 is 0 Å². The number of para-hydroxylation sites is 2. The maximum absolute atomic E-state index is 13.1. The van der Waals surface area contributed by atoms with E-state index in [9.17, 15) is 15.0 Å². The van der Waals surface area contributed by atoms with Gasteiger partial charge in [0.25, 0.3) is 0 Å². The molecule has 0 saturated heterocycles. The highest BCUT2D eigenvalue weighted by atomic mass is 16.5. The van der Waals surface area contributed by atoms with Crippen LogP contribution in [0.5, 0.6) is 17.2 Å². The summed E-state index contributed by atoms with van der Waals surface area (Å²) < 4.78 is 16.4. The van der Waals surface area contributed by atoms with Crippen molar-refractivity contribution in [2.45, 2.75) is 39.0 Å². The minimum atomic E-state index is -0.940. The molecule has 11 nitrogen and oxygen atoms in total. The molecule has 1 aliphatic rings. The number of fused-ring (bicyclic) bond motifs is 3. The summed E-state index contributed by atoms with van der Waals surface area (Å²) in [5, 5.41) is 29.0. The third-order valence-electron chi connectivity index (χ3n) is 9.97. The van der Waals surface area contributed by atoms with E-state index in [0.29, 0.717) is 55.4 Å². The molecule has 0 spiro atoms. The average Bonchev–Trinajstić information content (AvgIpc) is 3.66. The molecule has 0 unspecified atom stereocenters. The molecule has 0 saturated carbocycles. The monoisotopic (exact) mass is 708 g/mol. The van der Waals surface area contributed by atoms with E-state index < -0.39 is 5.97 Å². The second-order valence-corrected chi connectivity index (χ2v) is 13.4. The summed E-state index contributed by atoms with van der Waals surface area (Å²) in [5.74, 6) is 0.845. The lowest BCUT2D eigenvalue weighted by molar-refractivity contribution is 0.0683. The predicted octanol–water partition coefficient (Wildman–Crippen LogP) is 7.48. The topological polar surface area (TPSA) is 128 Å². The highest BCUT2D eigenvalue weighted by molar-refractivity contribution is 6.04. The van der Waals surface area contributed by atoms with Gasteiger partial charge in [-0.3, -0.25) is 4.68 Å². The summed E-state index contributed by atoms with van der Waals surface area (Å²) in [6.07, 6.45) is 5.17. The fourth-order valence-corrected chi connectivity index (χ4v) is 7.55. The first-order chi connectivity index (χ1) is 25.9. The largest absolute Gasteiger partial charge is 0.507 e. The van der Waals surface area contributed by atoms with Gasteiger partial charge in [0, 0.05) is 42.0 Å². The van der Waals surface area contributed by atoms with Crippen LogP contribution in [0.1, 0.15) is 40.3 Å². The Morgan fingerprint density at radius 1 is 0.849 bits per heavy atom. The van der Waals surface area contributed by atoms with E-state index in [2.05, 4.69) is 46.2 Å². The lowest BCUT2D eigenvalue weighted by Gasteiger charge is -2.21. The summed E-state index contributed by atoms with van der Waals surface area (Å²) in [4.78, 5) is 24.2. The summed E-state index contributed by atoms with van der Waals surface area (Å²) in [7, 11) is 4.02. The minimum Gasteiger partial charge on any atom is -0.507 e. The Morgan fingerprint density at radius 3 is 2.42 bits per heavy atom. The van der Waals surface area contributed by atoms with Crippen molar-refractivity contribution in [1.82, 2.24) is 29.2 Å². The Hall–Kier alpha value is -6.20. The summed E-state index contributed by atoms with van der Waals surface area (Å²) in [6.45, 7) is 2.61. The van der Waals surface area contributed by atoms with Gasteiger partial charge < -0.3 is 29.2 Å². The molecule has 7 aromatic rings. The molecule has 0 atom stereocenters. The molecular formula is C42H40N6O5. The van der Waals surface area contributed by atoms with Crippen LogP contribution in [0.4, 0.5) is 0 Å². The normalized spacial score (nSPS) is 13.2. The number of hydrogen-bond donors (Lipinski definition) is 2. The molecule has 8 rings (SSSR count). The van der Waals surface area contributed by atoms with E-state index in [1.807, 2.05) is 58.8 Å². The van der Waals surface area contributed by atoms with Crippen molar-refractivity contribution < 1.29 is 24.5 Å². The number of carboxylic acid groups (broad SMARTS) is 1. The number of carboxylic acids is 1. The van der Waals surface area contributed by atoms with Crippen LogP contribution < -0.4 is 9.47 Å². The maximum atomic E-state index is 13.1. The zero-order chi connectivity index (χ0) is 36.5. The third kappa shape index (κ3) is 6.55. The summed E-state index contributed by atoms with van der Waals surface area (Å²) in [5.41, 5.74) is 6.16. The molecule has 0 amide bonds. The van der Waals surface area contributed by atoms with Crippen LogP contribution >= 0.6 is 0 Å². The Balaban J connectivity index is 1.13. The van der Waals surface area contributed by atoms with Crippen LogP contribution in [0.25, 0.3) is 44.2 Å². The van der Waals surface area contributed by atoms with Crippen molar-refractivity contribution in [3.8, 4) is 39.8 Å². The predicted molar refractivity (Wildman–Crippen MR) is 203 cm³/mol. The number of aromatic nitrogens is 5. The van der Waals surface area contributed by atoms with Crippen LogP contribution in [0.3, 0.4) is 0 Å². The number of hydrogen-bond acceptors (Lipinski definition) is 8. The number of ether oxygens (including phenoxy) is 2. The molecule has 0 bridgehead atoms. The molecule has 0 fully saturated rings. The molecule has 2 N–H and O–H groups in total. The first-order valence-electron chi connectivity index (χ1n) is 17.8. The third-order valence-corrected chi connectivity index (χ3v) is 9.97. The number of phenols is 1. The van der Waals surface area contributed by atoms with Gasteiger partial charge in [-0.2, -0.15) is 5.10 Å². The Labute approximate surface area is 306 Å². The number of rotatable bonds is 10. The lowest BCUT2D eigenvalue weighted by Crippen LogP contribution is -2.23. The smallest absolute Gasteiger partial charge is 0.352 e. The van der Waals surface area contributed by atoms with Crippen LogP contribution in [0.15, 0.2) is 97.3 Å². The van der Waals surface area contributed by atoms with Gasteiger partial charge in [-0.15, -0.1) is 0 Å². The van der Waals surface area contributed by atoms with Gasteiger partial charge in [-0.1, -0.05) is 66.7 Å². The highest BCUT2D eigenvalue weighted by Gasteiger charge is 2.29. The molecule has 1 aliphatic heterocycles. The first kappa shape index (κ1) is 33.9. The standard InChI is InChI=1S/C42H40N6O5/c1-46-20-10-21-48-39-30(31(40(48)42(50)51)17-9-22-52-37-19-7-12-27-11-3-4-13-29(27)37)15-8-16-33(39)38-34(45-47(2)35(38)25-46)26-53-28-23-43-41(44-24-28)32-14-5-6-18-36(32)49/h3-8,11-16,18-19,23-24,49H,9-10,17,20-22,25-26H2,1-2H3,(H,50,51). The maximum Gasteiger partial charge on any atom is 0.352 e. The Kier molecular flexibility index (Phi) is 9.24. The van der Waals surface area contributed by atoms with Crippen molar-refractivity contribution in [3.05, 3.63) is 120 Å². The zero-order valence-corrected chi connectivity index (χ0v) is 29.7. The number of benzene rings is 4. The van der Waals surface area contributed by atoms with Crippen molar-refractivity contribution in [3.63, 3.8) is 0 Å². The van der Waals surface area contributed by atoms with Gasteiger partial charge in [0.2, 0.25) is 0 Å². The molecule has 3 aromatic heterocycles. The van der Waals surface area contributed by atoms with Gasteiger partial charge >= 0.3 is 5.97 Å². The Morgan fingerprint density at radius 2 is 1.58 bits per heavy atom. The quantitative estimate of drug-likeness (QED) is 0.139. The van der Waals surface area contributed by atoms with Crippen LogP contribution in [0, 0.1) is 0 Å². The van der Waals surface area contributed by atoms with Gasteiger partial charge in [0.05, 0.1) is 35.8 Å². The second kappa shape index (κ2) is 14.4. The van der Waals surface area contributed by atoms with E-state index in [0.717, 1.165) is 68.5 Å². The van der Waals surface area contributed by atoms with E-state index in [1.54, 1.807) is 30.6 Å². The molecule has 53 heavy (non-hydrogen) atoms. The number of carbonyl (C=O) groups is 1. The van der Waals surface area contributed by atoms with Crippen LogP contribution in [0.2, 0.25) is 0 Å². The van der Waals surface area contributed by atoms with Crippen molar-refractivity contribution >= 4 is 27.6 Å². The highest BCUT2D eigenvalue weighted by Crippen LogP contribution is 2.40. The van der Waals surface area contributed by atoms with Gasteiger partial charge in [0.1, 0.15) is 29.5 Å². The summed E-state index contributed by atoms with van der Waals surface area (Å²) >= 11 is 0. The molecule has 0 radical (unpaired) electrons. The van der Waals surface area contributed by atoms with Gasteiger partial charge in [0.15, 0.2) is 11.6 Å². The summed E-state index contributed by atoms with van der Waals surface area (Å²) in [6, 6.07) is 27.2. The van der Waals surface area contributed by atoms with E-state index in [4.69, 9.17) is 14.6 Å². The molecular weight excluding hydrogens is 668 g/mol. The minimum absolute atomic E-state index is 0.104. The number of nitrogens with zero attached hydrogens (tertiary/aromatic N) is 6. The van der Waals surface area contributed by atoms with Gasteiger partial charge in [-0.25, -0.2) is 14.8 Å². The van der Waals surface area contributed by atoms with Crippen molar-refractivity contribution in [1.29, 1.82) is 0 Å². The fourth-order valence-electron chi connectivity index (χ4n) is 7.55. The Bertz CT molecular complexity index is 2450. The molecule has 268 valence electrons. The fraction of sp³-hybridized carbons (Fsp3) is 0.238. The van der Waals surface area contributed by atoms with Crippen molar-refractivity contribution in [2.75, 3.05) is 20.2 Å². The molecule has 4 aromatic carbocycles. The number of aryl methyl sites for hydroxylation is 3. The van der Waals surface area contributed by atoms with Crippen LogP contribution in [-0.2, 0) is 33.2 Å². The lowest BCUT2D eigenvalue weighted by atomic mass is 9.97. The second-order valence-electron chi connectivity index (χ2n) is 13.4. The van der Waals surface area contributed by atoms with Crippen molar-refractivity contribution in [2.24, 2.45) is 7.05 Å². The zero-order valence-electron chi connectivity index (χ0n) is 29.7. The van der Waals surface area contributed by atoms with Crippen LogP contribution in [-0.4, -0.2) is 65.6 Å². The molecule has 4 heterocycles. The number of phenolic OH excluding ortho intramolecular Hbond substituents is 1. The average molecular weight is 709 g/mol. The van der Waals surface area contributed by atoms with E-state index in [-0.39, 0.29) is 12.4 Å². The van der Waals surface area contributed by atoms with E-state index in [1.165, 1.54) is 0 Å². The SMILES string of the molecule is CN1CCCn2c(C(=O)O)c(CCCOc3cccc4ccccc34)c3cccc(c32)-c2c(COc3cnc(-c4ccccc4O)nc3)nn(C)c2C1.